The predicted octanol–water partition coefficient (Wildman–Crippen LogP) is 0.724. The first-order valence-corrected chi connectivity index (χ1v) is 7.25. The van der Waals surface area contributed by atoms with Gasteiger partial charge in [-0.3, -0.25) is 0 Å². The SMILES string of the molecule is COC(C)(C)CNS(=O)(=O)c1cnc(NN)c(Cl)c1. The second-order valence-electron chi connectivity index (χ2n) is 4.43. The minimum Gasteiger partial charge on any atom is -0.377 e. The van der Waals surface area contributed by atoms with Crippen LogP contribution >= 0.6 is 11.6 Å². The normalized spacial score (nSPS) is 12.5. The second-order valence-corrected chi connectivity index (χ2v) is 6.61. The Morgan fingerprint density at radius 1 is 1.53 bits per heavy atom. The molecule has 0 radical (unpaired) electrons. The van der Waals surface area contributed by atoms with E-state index in [1.54, 1.807) is 13.8 Å². The number of nitrogens with one attached hydrogen (secondary N) is 2. The second kappa shape index (κ2) is 6.02. The number of aromatic nitrogens is 1. The van der Waals surface area contributed by atoms with Gasteiger partial charge in [0.1, 0.15) is 4.90 Å². The smallest absolute Gasteiger partial charge is 0.242 e. The lowest BCUT2D eigenvalue weighted by Crippen LogP contribution is -2.39. The fourth-order valence-electron chi connectivity index (χ4n) is 1.10. The van der Waals surface area contributed by atoms with Gasteiger partial charge < -0.3 is 10.2 Å². The van der Waals surface area contributed by atoms with E-state index in [9.17, 15) is 8.42 Å². The topological polar surface area (TPSA) is 106 Å². The highest BCUT2D eigenvalue weighted by Gasteiger charge is 2.22. The molecule has 0 amide bonds. The Morgan fingerprint density at radius 2 is 2.16 bits per heavy atom. The van der Waals surface area contributed by atoms with E-state index >= 15 is 0 Å². The molecule has 1 rings (SSSR count). The summed E-state index contributed by atoms with van der Waals surface area (Å²) < 4.78 is 31.6. The van der Waals surface area contributed by atoms with Crippen LogP contribution in [-0.2, 0) is 14.8 Å². The highest BCUT2D eigenvalue weighted by Crippen LogP contribution is 2.21. The van der Waals surface area contributed by atoms with Crippen LogP contribution in [0.4, 0.5) is 5.82 Å². The molecule has 0 fully saturated rings. The number of hydrazine groups is 1. The van der Waals surface area contributed by atoms with Gasteiger partial charge in [-0.05, 0) is 19.9 Å². The van der Waals surface area contributed by atoms with E-state index in [0.717, 1.165) is 0 Å². The monoisotopic (exact) mass is 308 g/mol. The maximum absolute atomic E-state index is 12.0. The van der Waals surface area contributed by atoms with Crippen molar-refractivity contribution in [2.75, 3.05) is 19.1 Å². The minimum absolute atomic E-state index is 0.0385. The predicted molar refractivity (Wildman–Crippen MR) is 73.3 cm³/mol. The van der Waals surface area contributed by atoms with E-state index in [0.29, 0.717) is 0 Å². The molecule has 0 aliphatic rings. The molecule has 1 heterocycles. The van der Waals surface area contributed by atoms with E-state index in [1.807, 2.05) is 0 Å². The number of pyridine rings is 1. The summed E-state index contributed by atoms with van der Waals surface area (Å²) in [5.74, 6) is 5.37. The van der Waals surface area contributed by atoms with Gasteiger partial charge in [-0.25, -0.2) is 24.0 Å². The number of nitrogens with zero attached hydrogens (tertiary/aromatic N) is 1. The van der Waals surface area contributed by atoms with Crippen LogP contribution in [0.2, 0.25) is 5.02 Å². The summed E-state index contributed by atoms with van der Waals surface area (Å²) in [6, 6.07) is 1.27. The molecular formula is C10H17ClN4O3S. The molecule has 0 aromatic carbocycles. The fourth-order valence-corrected chi connectivity index (χ4v) is 2.55. The molecule has 0 aliphatic heterocycles. The molecule has 108 valence electrons. The first-order valence-electron chi connectivity index (χ1n) is 5.39. The van der Waals surface area contributed by atoms with Crippen molar-refractivity contribution in [3.05, 3.63) is 17.3 Å². The molecule has 4 N–H and O–H groups in total. The molecule has 0 bridgehead atoms. The lowest BCUT2D eigenvalue weighted by atomic mass is 10.1. The quantitative estimate of drug-likeness (QED) is 0.528. The number of rotatable bonds is 6. The number of nitrogens with two attached hydrogens (primary N) is 1. The molecule has 1 aromatic heterocycles. The van der Waals surface area contributed by atoms with Crippen LogP contribution in [0, 0.1) is 0 Å². The van der Waals surface area contributed by atoms with Crippen molar-refractivity contribution >= 4 is 27.4 Å². The van der Waals surface area contributed by atoms with Gasteiger partial charge in [-0.2, -0.15) is 0 Å². The molecule has 0 atom stereocenters. The number of nitrogen functional groups attached to an aromatic ring is 1. The fraction of sp³-hybridized carbons (Fsp3) is 0.500. The van der Waals surface area contributed by atoms with Gasteiger partial charge in [0.2, 0.25) is 10.0 Å². The molecule has 0 saturated carbocycles. The highest BCUT2D eigenvalue weighted by molar-refractivity contribution is 7.89. The number of anilines is 1. The Labute approximate surface area is 117 Å². The van der Waals surface area contributed by atoms with Crippen molar-refractivity contribution in [1.29, 1.82) is 0 Å². The number of methoxy groups -OCH3 is 1. The molecule has 1 aromatic rings. The zero-order chi connectivity index (χ0) is 14.7. The number of hydrogen-bond donors (Lipinski definition) is 3. The third kappa shape index (κ3) is 4.29. The third-order valence-corrected chi connectivity index (χ3v) is 4.16. The van der Waals surface area contributed by atoms with E-state index in [2.05, 4.69) is 15.1 Å². The Hall–Kier alpha value is -0.930. The van der Waals surface area contributed by atoms with Gasteiger partial charge >= 0.3 is 0 Å². The van der Waals surface area contributed by atoms with E-state index < -0.39 is 15.6 Å². The Kier molecular flexibility index (Phi) is 5.11. The Morgan fingerprint density at radius 3 is 2.63 bits per heavy atom. The molecule has 0 spiro atoms. The molecule has 7 nitrogen and oxygen atoms in total. The van der Waals surface area contributed by atoms with Crippen LogP contribution in [0.15, 0.2) is 17.2 Å². The van der Waals surface area contributed by atoms with Crippen LogP contribution in [-0.4, -0.2) is 32.7 Å². The van der Waals surface area contributed by atoms with E-state index in [4.69, 9.17) is 22.2 Å². The average molecular weight is 309 g/mol. The summed E-state index contributed by atoms with van der Waals surface area (Å²) in [7, 11) is -2.19. The Balaban J connectivity index is 2.92. The first kappa shape index (κ1) is 16.1. The molecule has 0 unspecified atom stereocenters. The number of sulfonamides is 1. The molecule has 9 heteroatoms. The van der Waals surface area contributed by atoms with Gasteiger partial charge in [-0.15, -0.1) is 0 Å². The highest BCUT2D eigenvalue weighted by atomic mass is 35.5. The summed E-state index contributed by atoms with van der Waals surface area (Å²) >= 11 is 5.83. The number of hydrogen-bond acceptors (Lipinski definition) is 6. The molecule has 0 aliphatic carbocycles. The van der Waals surface area contributed by atoms with Crippen LogP contribution in [0.25, 0.3) is 0 Å². The van der Waals surface area contributed by atoms with Crippen LogP contribution in [0.5, 0.6) is 0 Å². The zero-order valence-corrected chi connectivity index (χ0v) is 12.5. The largest absolute Gasteiger partial charge is 0.377 e. The van der Waals surface area contributed by atoms with Crippen LogP contribution < -0.4 is 16.0 Å². The summed E-state index contributed by atoms with van der Waals surface area (Å²) in [5.41, 5.74) is 1.65. The lowest BCUT2D eigenvalue weighted by Gasteiger charge is -2.23. The van der Waals surface area contributed by atoms with E-state index in [-0.39, 0.29) is 22.3 Å². The standard InChI is InChI=1S/C10H17ClN4O3S/c1-10(2,18-3)6-14-19(16,17)7-4-8(11)9(15-12)13-5-7/h4-5,14H,6,12H2,1-3H3,(H,13,15). The van der Waals surface area contributed by atoms with Crippen molar-refractivity contribution in [1.82, 2.24) is 9.71 Å². The van der Waals surface area contributed by atoms with Crippen molar-refractivity contribution in [2.24, 2.45) is 5.84 Å². The third-order valence-electron chi connectivity index (χ3n) is 2.50. The first-order chi connectivity index (χ1) is 8.72. The summed E-state index contributed by atoms with van der Waals surface area (Å²) in [6.07, 6.45) is 1.17. The van der Waals surface area contributed by atoms with Gasteiger partial charge in [0, 0.05) is 19.9 Å². The van der Waals surface area contributed by atoms with Crippen molar-refractivity contribution in [3.63, 3.8) is 0 Å². The maximum atomic E-state index is 12.0. The van der Waals surface area contributed by atoms with Gasteiger partial charge in [0.05, 0.1) is 10.6 Å². The summed E-state index contributed by atoms with van der Waals surface area (Å²) in [5, 5.41) is 0.122. The average Bonchev–Trinajstić information content (AvgIpc) is 2.36. The van der Waals surface area contributed by atoms with Crippen LogP contribution in [0.1, 0.15) is 13.8 Å². The molecular weight excluding hydrogens is 292 g/mol. The Bertz CT molecular complexity index is 548. The van der Waals surface area contributed by atoms with Gasteiger partial charge in [0.25, 0.3) is 0 Å². The molecule has 0 saturated heterocycles. The number of halogens is 1. The summed E-state index contributed by atoms with van der Waals surface area (Å²) in [4.78, 5) is 3.77. The maximum Gasteiger partial charge on any atom is 0.242 e. The summed E-state index contributed by atoms with van der Waals surface area (Å²) in [6.45, 7) is 3.66. The van der Waals surface area contributed by atoms with Crippen molar-refractivity contribution in [3.8, 4) is 0 Å². The van der Waals surface area contributed by atoms with E-state index in [1.165, 1.54) is 19.4 Å². The molecule has 19 heavy (non-hydrogen) atoms. The van der Waals surface area contributed by atoms with Crippen molar-refractivity contribution < 1.29 is 13.2 Å². The van der Waals surface area contributed by atoms with Gasteiger partial charge in [-0.1, -0.05) is 11.6 Å². The van der Waals surface area contributed by atoms with Gasteiger partial charge in [0.15, 0.2) is 5.82 Å². The minimum atomic E-state index is -3.70. The lowest BCUT2D eigenvalue weighted by molar-refractivity contribution is 0.0276. The number of ether oxygens (including phenoxy) is 1. The van der Waals surface area contributed by atoms with Crippen molar-refractivity contribution in [2.45, 2.75) is 24.3 Å². The zero-order valence-electron chi connectivity index (χ0n) is 10.9. The van der Waals surface area contributed by atoms with Crippen LogP contribution in [0.3, 0.4) is 0 Å².